The van der Waals surface area contributed by atoms with Crippen LogP contribution < -0.4 is 5.32 Å². The zero-order valence-electron chi connectivity index (χ0n) is 12.8. The fourth-order valence-electron chi connectivity index (χ4n) is 1.77. The van der Waals surface area contributed by atoms with E-state index < -0.39 is 23.9 Å². The Morgan fingerprint density at radius 1 is 1.14 bits per heavy atom. The molecule has 119 valence electrons. The molecule has 1 aromatic rings. The number of carbonyl (C=O) groups excluding carboxylic acids is 3. The first-order valence-corrected chi connectivity index (χ1v) is 7.17. The minimum atomic E-state index is -0.888. The standard InChI is InChI=1S/C16H20NO5/c1-3-21-14(18)11-10-13(16(20)22-4-2)17-15(19)12-8-6-5-7-9-12/h6-9,13H,3-4,10-11H2,1-2H3,(H,17,19). The van der Waals surface area contributed by atoms with Gasteiger partial charge < -0.3 is 14.8 Å². The molecule has 1 atom stereocenters. The van der Waals surface area contributed by atoms with Gasteiger partial charge in [0.1, 0.15) is 6.04 Å². The van der Waals surface area contributed by atoms with E-state index in [9.17, 15) is 14.4 Å². The molecule has 6 nitrogen and oxygen atoms in total. The number of amides is 1. The number of carbonyl (C=O) groups is 3. The van der Waals surface area contributed by atoms with Crippen LogP contribution in [0.3, 0.4) is 0 Å². The normalized spacial score (nSPS) is 11.4. The maximum Gasteiger partial charge on any atom is 0.328 e. The van der Waals surface area contributed by atoms with Gasteiger partial charge in [-0.2, -0.15) is 0 Å². The fourth-order valence-corrected chi connectivity index (χ4v) is 1.77. The summed E-state index contributed by atoms with van der Waals surface area (Å²) in [5.74, 6) is -1.39. The monoisotopic (exact) mass is 306 g/mol. The van der Waals surface area contributed by atoms with Crippen molar-refractivity contribution in [1.29, 1.82) is 0 Å². The first kappa shape index (κ1) is 17.7. The number of ether oxygens (including phenoxy) is 2. The predicted molar refractivity (Wildman–Crippen MR) is 79.0 cm³/mol. The van der Waals surface area contributed by atoms with Crippen molar-refractivity contribution in [3.63, 3.8) is 0 Å². The van der Waals surface area contributed by atoms with Gasteiger partial charge in [-0.25, -0.2) is 4.79 Å². The van der Waals surface area contributed by atoms with E-state index in [0.29, 0.717) is 5.56 Å². The van der Waals surface area contributed by atoms with Gasteiger partial charge in [0.05, 0.1) is 13.2 Å². The summed E-state index contributed by atoms with van der Waals surface area (Å²) in [6, 6.07) is 8.30. The van der Waals surface area contributed by atoms with Crippen molar-refractivity contribution in [2.75, 3.05) is 13.2 Å². The molecule has 0 heterocycles. The molecule has 0 aromatic heterocycles. The highest BCUT2D eigenvalue weighted by Crippen LogP contribution is 2.05. The van der Waals surface area contributed by atoms with Crippen molar-refractivity contribution in [2.45, 2.75) is 32.7 Å². The van der Waals surface area contributed by atoms with Crippen molar-refractivity contribution in [3.05, 3.63) is 35.9 Å². The maximum atomic E-state index is 12.1. The molecular formula is C16H20NO5. The van der Waals surface area contributed by atoms with E-state index in [-0.39, 0.29) is 26.1 Å². The van der Waals surface area contributed by atoms with Crippen LogP contribution in [-0.4, -0.2) is 37.1 Å². The number of hydrogen-bond acceptors (Lipinski definition) is 5. The van der Waals surface area contributed by atoms with Crippen molar-refractivity contribution in [2.24, 2.45) is 0 Å². The van der Waals surface area contributed by atoms with Crippen molar-refractivity contribution >= 4 is 17.8 Å². The van der Waals surface area contributed by atoms with E-state index in [1.165, 1.54) is 0 Å². The van der Waals surface area contributed by atoms with Gasteiger partial charge in [-0.05, 0) is 38.5 Å². The molecule has 0 fully saturated rings. The van der Waals surface area contributed by atoms with Crippen molar-refractivity contribution in [3.8, 4) is 0 Å². The molecule has 0 bridgehead atoms. The summed E-state index contributed by atoms with van der Waals surface area (Å²) >= 11 is 0. The Balaban J connectivity index is 2.67. The molecule has 0 saturated heterocycles. The topological polar surface area (TPSA) is 81.7 Å². The zero-order valence-corrected chi connectivity index (χ0v) is 12.8. The molecule has 1 radical (unpaired) electrons. The van der Waals surface area contributed by atoms with Crippen molar-refractivity contribution < 1.29 is 23.9 Å². The Morgan fingerprint density at radius 2 is 1.77 bits per heavy atom. The number of hydrogen-bond donors (Lipinski definition) is 1. The zero-order chi connectivity index (χ0) is 16.4. The molecule has 1 aromatic carbocycles. The quantitative estimate of drug-likeness (QED) is 0.736. The highest BCUT2D eigenvalue weighted by molar-refractivity contribution is 5.96. The summed E-state index contributed by atoms with van der Waals surface area (Å²) in [7, 11) is 0. The number of benzene rings is 1. The number of esters is 2. The molecule has 0 aliphatic rings. The van der Waals surface area contributed by atoms with Gasteiger partial charge in [0.2, 0.25) is 0 Å². The lowest BCUT2D eigenvalue weighted by atomic mass is 10.1. The molecule has 6 heteroatoms. The molecule has 0 spiro atoms. The van der Waals surface area contributed by atoms with Gasteiger partial charge in [0.15, 0.2) is 0 Å². The van der Waals surface area contributed by atoms with E-state index >= 15 is 0 Å². The summed E-state index contributed by atoms with van der Waals surface area (Å²) in [4.78, 5) is 35.4. The highest BCUT2D eigenvalue weighted by atomic mass is 16.5. The molecule has 1 N–H and O–H groups in total. The summed E-state index contributed by atoms with van der Waals surface area (Å²) < 4.78 is 9.73. The van der Waals surface area contributed by atoms with Crippen LogP contribution in [0.15, 0.2) is 24.3 Å². The fraction of sp³-hybridized carbons (Fsp3) is 0.438. The third kappa shape index (κ3) is 5.95. The third-order valence-corrected chi connectivity index (χ3v) is 2.80. The lowest BCUT2D eigenvalue weighted by Gasteiger charge is -2.17. The van der Waals surface area contributed by atoms with Gasteiger partial charge in [0, 0.05) is 12.0 Å². The second-order valence-corrected chi connectivity index (χ2v) is 4.41. The summed E-state index contributed by atoms with van der Waals surface area (Å²) in [6.45, 7) is 3.85. The average molecular weight is 306 g/mol. The lowest BCUT2D eigenvalue weighted by Crippen LogP contribution is -2.42. The van der Waals surface area contributed by atoms with E-state index in [0.717, 1.165) is 0 Å². The molecule has 1 amide bonds. The van der Waals surface area contributed by atoms with Gasteiger partial charge >= 0.3 is 11.9 Å². The first-order valence-electron chi connectivity index (χ1n) is 7.17. The lowest BCUT2D eigenvalue weighted by molar-refractivity contribution is -0.146. The molecule has 22 heavy (non-hydrogen) atoms. The van der Waals surface area contributed by atoms with Crippen LogP contribution in [0, 0.1) is 6.07 Å². The number of nitrogens with one attached hydrogen (secondary N) is 1. The Hall–Kier alpha value is -2.37. The van der Waals surface area contributed by atoms with E-state index in [1.807, 2.05) is 0 Å². The van der Waals surface area contributed by atoms with E-state index in [1.54, 1.807) is 38.1 Å². The van der Waals surface area contributed by atoms with E-state index in [4.69, 9.17) is 9.47 Å². The summed E-state index contributed by atoms with van der Waals surface area (Å²) in [5, 5.41) is 2.58. The van der Waals surface area contributed by atoms with Crippen LogP contribution in [0.2, 0.25) is 0 Å². The SMILES string of the molecule is CCOC(=O)CCC(NC(=O)c1cc[c]cc1)C(=O)OCC. The predicted octanol–water partition coefficient (Wildman–Crippen LogP) is 1.49. The van der Waals surface area contributed by atoms with E-state index in [2.05, 4.69) is 11.4 Å². The molecule has 1 rings (SSSR count). The van der Waals surface area contributed by atoms with Crippen LogP contribution in [0.5, 0.6) is 0 Å². The minimum Gasteiger partial charge on any atom is -0.466 e. The Kier molecular flexibility index (Phi) is 7.67. The Morgan fingerprint density at radius 3 is 2.36 bits per heavy atom. The molecule has 1 unspecified atom stereocenters. The summed E-state index contributed by atoms with van der Waals surface area (Å²) in [5.41, 5.74) is 0.407. The molecule has 0 aliphatic heterocycles. The van der Waals surface area contributed by atoms with Gasteiger partial charge in [-0.15, -0.1) is 0 Å². The van der Waals surface area contributed by atoms with Gasteiger partial charge in [-0.3, -0.25) is 9.59 Å². The van der Waals surface area contributed by atoms with Crippen molar-refractivity contribution in [1.82, 2.24) is 5.32 Å². The minimum absolute atomic E-state index is 0.0279. The second kappa shape index (κ2) is 9.55. The summed E-state index contributed by atoms with van der Waals surface area (Å²) in [6.07, 6.45) is 0.155. The molecule has 0 saturated carbocycles. The smallest absolute Gasteiger partial charge is 0.328 e. The third-order valence-electron chi connectivity index (χ3n) is 2.80. The molecule has 0 aliphatic carbocycles. The van der Waals surface area contributed by atoms with Crippen LogP contribution >= 0.6 is 0 Å². The van der Waals surface area contributed by atoms with Gasteiger partial charge in [-0.1, -0.05) is 12.1 Å². The van der Waals surface area contributed by atoms with Crippen LogP contribution in [0.1, 0.15) is 37.0 Å². The maximum absolute atomic E-state index is 12.1. The van der Waals surface area contributed by atoms with Crippen LogP contribution in [0.4, 0.5) is 0 Å². The Bertz CT molecular complexity index is 501. The average Bonchev–Trinajstić information content (AvgIpc) is 2.52. The first-order chi connectivity index (χ1) is 10.6. The largest absolute Gasteiger partial charge is 0.466 e. The van der Waals surface area contributed by atoms with Crippen LogP contribution in [0.25, 0.3) is 0 Å². The Labute approximate surface area is 129 Å². The number of rotatable bonds is 8. The molecular weight excluding hydrogens is 286 g/mol. The highest BCUT2D eigenvalue weighted by Gasteiger charge is 2.23. The van der Waals surface area contributed by atoms with Crippen LogP contribution in [-0.2, 0) is 19.1 Å². The van der Waals surface area contributed by atoms with Gasteiger partial charge in [0.25, 0.3) is 5.91 Å². The second-order valence-electron chi connectivity index (χ2n) is 4.41.